The standard InChI is InChI=1S/C20H19N5O5/c1-13-2-6-15(7-3-13)18-23-20(30-24-18)19(27)22-11-10-21-17(26)12-14-4-8-16(9-5-14)25(28)29/h2-9H,10-12H2,1H3,(H,21,26)(H,22,27). The van der Waals surface area contributed by atoms with Gasteiger partial charge in [0.15, 0.2) is 0 Å². The molecule has 0 aliphatic rings. The molecular formula is C20H19N5O5. The second-order valence-corrected chi connectivity index (χ2v) is 6.50. The van der Waals surface area contributed by atoms with Crippen LogP contribution in [0.3, 0.4) is 0 Å². The lowest BCUT2D eigenvalue weighted by molar-refractivity contribution is -0.384. The van der Waals surface area contributed by atoms with Gasteiger partial charge >= 0.3 is 11.8 Å². The van der Waals surface area contributed by atoms with Crippen LogP contribution >= 0.6 is 0 Å². The number of amides is 2. The second kappa shape index (κ2) is 9.41. The maximum Gasteiger partial charge on any atom is 0.316 e. The Morgan fingerprint density at radius 3 is 2.37 bits per heavy atom. The molecule has 2 N–H and O–H groups in total. The van der Waals surface area contributed by atoms with Crippen LogP contribution in [0.4, 0.5) is 5.69 Å². The Kier molecular flexibility index (Phi) is 6.48. The molecule has 3 rings (SSSR count). The fourth-order valence-electron chi connectivity index (χ4n) is 2.57. The van der Waals surface area contributed by atoms with Gasteiger partial charge in [0, 0.05) is 30.8 Å². The summed E-state index contributed by atoms with van der Waals surface area (Å²) in [6.07, 6.45) is 0.0789. The number of carbonyl (C=O) groups is 2. The van der Waals surface area contributed by atoms with Gasteiger partial charge in [-0.3, -0.25) is 19.7 Å². The number of nitrogens with one attached hydrogen (secondary N) is 2. The highest BCUT2D eigenvalue weighted by molar-refractivity contribution is 5.89. The first kappa shape index (κ1) is 20.6. The van der Waals surface area contributed by atoms with E-state index in [1.165, 1.54) is 24.3 Å². The molecule has 154 valence electrons. The Labute approximate surface area is 171 Å². The summed E-state index contributed by atoms with van der Waals surface area (Å²) in [5.41, 5.74) is 2.45. The molecular weight excluding hydrogens is 390 g/mol. The highest BCUT2D eigenvalue weighted by Gasteiger charge is 2.15. The first-order valence-corrected chi connectivity index (χ1v) is 9.11. The summed E-state index contributed by atoms with van der Waals surface area (Å²) in [5.74, 6) is -0.651. The molecule has 2 amide bonds. The van der Waals surface area contributed by atoms with Crippen LogP contribution in [0.1, 0.15) is 21.8 Å². The quantitative estimate of drug-likeness (QED) is 0.329. The minimum Gasteiger partial charge on any atom is -0.354 e. The Balaban J connectivity index is 1.42. The molecule has 0 aliphatic carbocycles. The van der Waals surface area contributed by atoms with Crippen molar-refractivity contribution < 1.29 is 19.0 Å². The van der Waals surface area contributed by atoms with E-state index in [4.69, 9.17) is 4.52 Å². The molecule has 1 heterocycles. The summed E-state index contributed by atoms with van der Waals surface area (Å²) in [6, 6.07) is 13.2. The number of nitrogens with zero attached hydrogens (tertiary/aromatic N) is 3. The largest absolute Gasteiger partial charge is 0.354 e. The molecule has 0 spiro atoms. The number of aryl methyl sites for hydroxylation is 1. The van der Waals surface area contributed by atoms with Gasteiger partial charge in [-0.15, -0.1) is 0 Å². The van der Waals surface area contributed by atoms with E-state index in [1.807, 2.05) is 31.2 Å². The van der Waals surface area contributed by atoms with Crippen molar-refractivity contribution in [2.75, 3.05) is 13.1 Å². The zero-order chi connectivity index (χ0) is 21.5. The van der Waals surface area contributed by atoms with Crippen LogP contribution in [-0.4, -0.2) is 40.0 Å². The van der Waals surface area contributed by atoms with Crippen molar-refractivity contribution in [1.29, 1.82) is 0 Å². The topological polar surface area (TPSA) is 140 Å². The first-order chi connectivity index (χ1) is 14.4. The summed E-state index contributed by atoms with van der Waals surface area (Å²) < 4.78 is 4.99. The van der Waals surface area contributed by atoms with Crippen LogP contribution in [0.15, 0.2) is 53.1 Å². The first-order valence-electron chi connectivity index (χ1n) is 9.11. The molecule has 30 heavy (non-hydrogen) atoms. The molecule has 0 bridgehead atoms. The number of rotatable bonds is 8. The van der Waals surface area contributed by atoms with Gasteiger partial charge in [0.25, 0.3) is 5.69 Å². The van der Waals surface area contributed by atoms with Crippen LogP contribution in [0, 0.1) is 17.0 Å². The molecule has 0 saturated carbocycles. The third-order valence-corrected chi connectivity index (χ3v) is 4.17. The van der Waals surface area contributed by atoms with Crippen LogP contribution in [0.5, 0.6) is 0 Å². The summed E-state index contributed by atoms with van der Waals surface area (Å²) in [6.45, 7) is 2.34. The zero-order valence-corrected chi connectivity index (χ0v) is 16.1. The van der Waals surface area contributed by atoms with Gasteiger partial charge < -0.3 is 15.2 Å². The lowest BCUT2D eigenvalue weighted by atomic mass is 10.1. The Hall–Kier alpha value is -4.08. The number of hydrogen-bond acceptors (Lipinski definition) is 7. The van der Waals surface area contributed by atoms with Crippen molar-refractivity contribution in [3.05, 3.63) is 75.7 Å². The van der Waals surface area contributed by atoms with E-state index in [0.29, 0.717) is 11.4 Å². The van der Waals surface area contributed by atoms with E-state index < -0.39 is 10.8 Å². The summed E-state index contributed by atoms with van der Waals surface area (Å²) in [5, 5.41) is 19.7. The van der Waals surface area contributed by atoms with Crippen molar-refractivity contribution >= 4 is 17.5 Å². The van der Waals surface area contributed by atoms with Gasteiger partial charge in [-0.05, 0) is 12.5 Å². The van der Waals surface area contributed by atoms with Crippen molar-refractivity contribution in [2.24, 2.45) is 0 Å². The van der Waals surface area contributed by atoms with Crippen LogP contribution in [0.2, 0.25) is 0 Å². The fourth-order valence-corrected chi connectivity index (χ4v) is 2.57. The van der Waals surface area contributed by atoms with E-state index >= 15 is 0 Å². The van der Waals surface area contributed by atoms with E-state index in [2.05, 4.69) is 20.8 Å². The summed E-state index contributed by atoms with van der Waals surface area (Å²) in [7, 11) is 0. The molecule has 0 radical (unpaired) electrons. The molecule has 0 atom stereocenters. The van der Waals surface area contributed by atoms with Crippen molar-refractivity contribution in [1.82, 2.24) is 20.8 Å². The smallest absolute Gasteiger partial charge is 0.316 e. The third-order valence-electron chi connectivity index (χ3n) is 4.17. The molecule has 0 unspecified atom stereocenters. The minimum atomic E-state index is -0.537. The summed E-state index contributed by atoms with van der Waals surface area (Å²) in [4.78, 5) is 38.2. The average molecular weight is 409 g/mol. The average Bonchev–Trinajstić information content (AvgIpc) is 3.22. The predicted octanol–water partition coefficient (Wildman–Crippen LogP) is 2.04. The summed E-state index contributed by atoms with van der Waals surface area (Å²) >= 11 is 0. The highest BCUT2D eigenvalue weighted by atomic mass is 16.6. The number of nitro groups is 1. The molecule has 1 aromatic heterocycles. The zero-order valence-electron chi connectivity index (χ0n) is 16.1. The molecule has 0 saturated heterocycles. The lowest BCUT2D eigenvalue weighted by Crippen LogP contribution is -2.35. The fraction of sp³-hybridized carbons (Fsp3) is 0.200. The maximum atomic E-state index is 12.1. The SMILES string of the molecule is Cc1ccc(-c2noc(C(=O)NCCNC(=O)Cc3ccc([N+](=O)[O-])cc3)n2)cc1. The van der Waals surface area contributed by atoms with E-state index in [-0.39, 0.29) is 37.0 Å². The van der Waals surface area contributed by atoms with Gasteiger partial charge in [0.1, 0.15) is 0 Å². The van der Waals surface area contributed by atoms with Crippen molar-refractivity contribution in [3.8, 4) is 11.4 Å². The number of hydrogen-bond donors (Lipinski definition) is 2. The van der Waals surface area contributed by atoms with E-state index in [0.717, 1.165) is 11.1 Å². The Morgan fingerprint density at radius 1 is 1.03 bits per heavy atom. The van der Waals surface area contributed by atoms with Crippen molar-refractivity contribution in [3.63, 3.8) is 0 Å². The molecule has 10 nitrogen and oxygen atoms in total. The van der Waals surface area contributed by atoms with Crippen LogP contribution in [0.25, 0.3) is 11.4 Å². The normalized spacial score (nSPS) is 10.4. The number of carbonyl (C=O) groups excluding carboxylic acids is 2. The van der Waals surface area contributed by atoms with Crippen molar-refractivity contribution in [2.45, 2.75) is 13.3 Å². The number of non-ortho nitro benzene ring substituents is 1. The Morgan fingerprint density at radius 2 is 1.70 bits per heavy atom. The van der Waals surface area contributed by atoms with Gasteiger partial charge in [-0.2, -0.15) is 4.98 Å². The molecule has 0 fully saturated rings. The number of aromatic nitrogens is 2. The molecule has 0 aliphatic heterocycles. The second-order valence-electron chi connectivity index (χ2n) is 6.50. The van der Waals surface area contributed by atoms with Gasteiger partial charge in [0.2, 0.25) is 11.7 Å². The maximum absolute atomic E-state index is 12.1. The molecule has 2 aromatic carbocycles. The molecule has 3 aromatic rings. The van der Waals surface area contributed by atoms with Crippen LogP contribution < -0.4 is 10.6 Å². The van der Waals surface area contributed by atoms with Gasteiger partial charge in [-0.1, -0.05) is 47.1 Å². The van der Waals surface area contributed by atoms with E-state index in [1.54, 1.807) is 0 Å². The Bertz CT molecular complexity index is 1040. The predicted molar refractivity (Wildman–Crippen MR) is 107 cm³/mol. The lowest BCUT2D eigenvalue weighted by Gasteiger charge is -2.06. The highest BCUT2D eigenvalue weighted by Crippen LogP contribution is 2.16. The van der Waals surface area contributed by atoms with Crippen LogP contribution in [-0.2, 0) is 11.2 Å². The number of nitro benzene ring substituents is 1. The van der Waals surface area contributed by atoms with E-state index in [9.17, 15) is 19.7 Å². The minimum absolute atomic E-state index is 0.0339. The number of benzene rings is 2. The monoisotopic (exact) mass is 409 g/mol. The molecule has 10 heteroatoms. The van der Waals surface area contributed by atoms with Gasteiger partial charge in [-0.25, -0.2) is 0 Å². The van der Waals surface area contributed by atoms with Gasteiger partial charge in [0.05, 0.1) is 11.3 Å². The third kappa shape index (κ3) is 5.47.